The van der Waals surface area contributed by atoms with Crippen molar-refractivity contribution in [2.45, 2.75) is 25.4 Å². The first-order chi connectivity index (χ1) is 10.5. The molecule has 2 heterocycles. The molecule has 0 amide bonds. The molecule has 0 atom stereocenters. The molecule has 2 aromatic rings. The second kappa shape index (κ2) is 6.75. The van der Waals surface area contributed by atoms with E-state index in [2.05, 4.69) is 31.1 Å². The number of piperidine rings is 1. The van der Waals surface area contributed by atoms with E-state index in [9.17, 15) is 4.57 Å². The Labute approximate surface area is 135 Å². The van der Waals surface area contributed by atoms with E-state index in [-0.39, 0.29) is 0 Å². The molecule has 0 radical (unpaired) electrons. The molecule has 1 aromatic heterocycles. The van der Waals surface area contributed by atoms with Crippen LogP contribution in [-0.4, -0.2) is 52.4 Å². The predicted octanol–water partition coefficient (Wildman–Crippen LogP) is 2.83. The summed E-state index contributed by atoms with van der Waals surface area (Å²) in [7, 11) is -1.94. The Bertz CT molecular complexity index is 675. The van der Waals surface area contributed by atoms with E-state index in [0.29, 0.717) is 6.04 Å². The summed E-state index contributed by atoms with van der Waals surface area (Å²) in [6.45, 7) is 6.70. The molecule has 22 heavy (non-hydrogen) atoms. The van der Waals surface area contributed by atoms with Gasteiger partial charge in [-0.2, -0.15) is 8.75 Å². The highest BCUT2D eigenvalue weighted by molar-refractivity contribution is 7.62. The van der Waals surface area contributed by atoms with Crippen LogP contribution < -0.4 is 5.32 Å². The summed E-state index contributed by atoms with van der Waals surface area (Å²) in [5.74, 6) is 0. The number of benzene rings is 1. The van der Waals surface area contributed by atoms with Crippen LogP contribution in [0, 0.1) is 0 Å². The molecule has 0 saturated carbocycles. The molecule has 1 saturated heterocycles. The molecule has 5 nitrogen and oxygen atoms in total. The Hall–Kier alpha value is -0.810. The van der Waals surface area contributed by atoms with E-state index >= 15 is 0 Å². The third kappa shape index (κ3) is 4.35. The second-order valence-corrected chi connectivity index (χ2v) is 10.5. The number of rotatable bonds is 5. The van der Waals surface area contributed by atoms with Gasteiger partial charge in [-0.1, -0.05) is 6.07 Å². The van der Waals surface area contributed by atoms with Crippen LogP contribution in [0.4, 0.5) is 0 Å². The summed E-state index contributed by atoms with van der Waals surface area (Å²) >= 11 is 1.26. The molecule has 1 aliphatic heterocycles. The quantitative estimate of drug-likeness (QED) is 0.850. The number of nitrogens with zero attached hydrogens (tertiary/aromatic N) is 3. The van der Waals surface area contributed by atoms with Crippen LogP contribution in [0.1, 0.15) is 18.4 Å². The minimum absolute atomic E-state index is 0.550. The predicted molar refractivity (Wildman–Crippen MR) is 93.2 cm³/mol. The van der Waals surface area contributed by atoms with Gasteiger partial charge in [-0.25, -0.2) is 0 Å². The second-order valence-electron chi connectivity index (χ2n) is 6.58. The summed E-state index contributed by atoms with van der Waals surface area (Å²) in [6.07, 6.45) is 3.01. The molecule has 1 N–H and O–H groups in total. The van der Waals surface area contributed by atoms with Gasteiger partial charge < -0.3 is 9.88 Å². The van der Waals surface area contributed by atoms with Crippen molar-refractivity contribution >= 4 is 29.9 Å². The van der Waals surface area contributed by atoms with Crippen LogP contribution >= 0.6 is 18.9 Å². The fourth-order valence-electron chi connectivity index (χ4n) is 2.96. The van der Waals surface area contributed by atoms with Crippen LogP contribution in [0.5, 0.6) is 0 Å². The third-order valence-electron chi connectivity index (χ3n) is 4.04. The van der Waals surface area contributed by atoms with Gasteiger partial charge in [-0.3, -0.25) is 4.90 Å². The fourth-order valence-corrected chi connectivity index (χ4v) is 4.72. The maximum Gasteiger partial charge on any atom is 0.105 e. The first-order valence-corrected chi connectivity index (χ1v) is 11.2. The maximum absolute atomic E-state index is 11.9. The molecule has 0 unspecified atom stereocenters. The topological polar surface area (TPSA) is 58.1 Å². The zero-order valence-electron chi connectivity index (χ0n) is 13.2. The SMILES string of the molecule is CP(C)(=O)CN1CCC(NCc2ccc3nsnc3c2)CC1. The van der Waals surface area contributed by atoms with Crippen LogP contribution in [0.2, 0.25) is 0 Å². The molecule has 0 bridgehead atoms. The average molecular weight is 338 g/mol. The molecule has 7 heteroatoms. The van der Waals surface area contributed by atoms with E-state index in [1.54, 1.807) is 0 Å². The average Bonchev–Trinajstić information content (AvgIpc) is 2.92. The lowest BCUT2D eigenvalue weighted by Gasteiger charge is -2.33. The third-order valence-corrected chi connectivity index (χ3v) is 5.68. The Balaban J connectivity index is 1.47. The lowest BCUT2D eigenvalue weighted by atomic mass is 10.1. The number of likely N-dealkylation sites (tertiary alicyclic amines) is 1. The monoisotopic (exact) mass is 338 g/mol. The Kier molecular flexibility index (Phi) is 4.93. The Morgan fingerprint density at radius 3 is 2.73 bits per heavy atom. The number of hydrogen-bond donors (Lipinski definition) is 1. The van der Waals surface area contributed by atoms with Crippen LogP contribution in [0.25, 0.3) is 11.0 Å². The van der Waals surface area contributed by atoms with Gasteiger partial charge in [0, 0.05) is 25.7 Å². The molecule has 1 aliphatic rings. The van der Waals surface area contributed by atoms with E-state index in [1.807, 2.05) is 19.4 Å². The molecular weight excluding hydrogens is 315 g/mol. The lowest BCUT2D eigenvalue weighted by Crippen LogP contribution is -2.42. The minimum atomic E-state index is -1.94. The number of aromatic nitrogens is 2. The van der Waals surface area contributed by atoms with Crippen molar-refractivity contribution in [2.75, 3.05) is 32.7 Å². The first-order valence-electron chi connectivity index (χ1n) is 7.70. The molecule has 1 fully saturated rings. The summed E-state index contributed by atoms with van der Waals surface area (Å²) < 4.78 is 20.4. The highest BCUT2D eigenvalue weighted by Crippen LogP contribution is 2.37. The molecular formula is C15H23N4OPS. The smallest absolute Gasteiger partial charge is 0.105 e. The maximum atomic E-state index is 11.9. The zero-order chi connectivity index (χ0) is 15.6. The fraction of sp³-hybridized carbons (Fsp3) is 0.600. The van der Waals surface area contributed by atoms with Gasteiger partial charge in [-0.15, -0.1) is 0 Å². The van der Waals surface area contributed by atoms with Gasteiger partial charge in [0.2, 0.25) is 0 Å². The van der Waals surface area contributed by atoms with Gasteiger partial charge in [-0.05, 0) is 43.9 Å². The van der Waals surface area contributed by atoms with Crippen molar-refractivity contribution in [3.8, 4) is 0 Å². The van der Waals surface area contributed by atoms with Gasteiger partial charge in [0.1, 0.15) is 11.0 Å². The summed E-state index contributed by atoms with van der Waals surface area (Å²) in [6, 6.07) is 6.83. The standard InChI is InChI=1S/C15H23N4OPS/c1-21(2,20)11-19-7-5-13(6-8-19)16-10-12-3-4-14-15(9-12)18-22-17-14/h3-4,9,13,16H,5-8,10-11H2,1-2H3. The summed E-state index contributed by atoms with van der Waals surface area (Å²) in [5.41, 5.74) is 3.22. The van der Waals surface area contributed by atoms with Gasteiger partial charge in [0.05, 0.1) is 25.2 Å². The highest BCUT2D eigenvalue weighted by atomic mass is 32.1. The minimum Gasteiger partial charge on any atom is -0.323 e. The number of hydrogen-bond acceptors (Lipinski definition) is 6. The van der Waals surface area contributed by atoms with Crippen LogP contribution in [-0.2, 0) is 11.1 Å². The van der Waals surface area contributed by atoms with Crippen molar-refractivity contribution in [3.63, 3.8) is 0 Å². The van der Waals surface area contributed by atoms with E-state index < -0.39 is 7.14 Å². The van der Waals surface area contributed by atoms with E-state index in [0.717, 1.165) is 49.8 Å². The van der Waals surface area contributed by atoms with Crippen molar-refractivity contribution < 1.29 is 4.57 Å². The summed E-state index contributed by atoms with van der Waals surface area (Å²) in [5, 5.41) is 3.64. The van der Waals surface area contributed by atoms with Crippen molar-refractivity contribution in [3.05, 3.63) is 23.8 Å². The summed E-state index contributed by atoms with van der Waals surface area (Å²) in [4.78, 5) is 2.34. The molecule has 1 aromatic carbocycles. The van der Waals surface area contributed by atoms with Gasteiger partial charge in [0.25, 0.3) is 0 Å². The Morgan fingerprint density at radius 2 is 2.00 bits per heavy atom. The molecule has 3 rings (SSSR count). The van der Waals surface area contributed by atoms with E-state index in [4.69, 9.17) is 0 Å². The Morgan fingerprint density at radius 1 is 1.27 bits per heavy atom. The van der Waals surface area contributed by atoms with Crippen molar-refractivity contribution in [1.82, 2.24) is 19.0 Å². The van der Waals surface area contributed by atoms with Crippen molar-refractivity contribution in [1.29, 1.82) is 0 Å². The van der Waals surface area contributed by atoms with Gasteiger partial charge >= 0.3 is 0 Å². The van der Waals surface area contributed by atoms with Crippen LogP contribution in [0.3, 0.4) is 0 Å². The van der Waals surface area contributed by atoms with Crippen molar-refractivity contribution in [2.24, 2.45) is 0 Å². The highest BCUT2D eigenvalue weighted by Gasteiger charge is 2.21. The molecule has 0 aliphatic carbocycles. The zero-order valence-corrected chi connectivity index (χ0v) is 14.9. The lowest BCUT2D eigenvalue weighted by molar-refractivity contribution is 0.222. The van der Waals surface area contributed by atoms with Crippen LogP contribution in [0.15, 0.2) is 18.2 Å². The van der Waals surface area contributed by atoms with Gasteiger partial charge in [0.15, 0.2) is 0 Å². The first kappa shape index (κ1) is 16.1. The normalized spacial score (nSPS) is 18.1. The molecule has 120 valence electrons. The largest absolute Gasteiger partial charge is 0.323 e. The van der Waals surface area contributed by atoms with E-state index in [1.165, 1.54) is 17.3 Å². The molecule has 0 spiro atoms. The number of nitrogens with one attached hydrogen (secondary N) is 1. The number of fused-ring (bicyclic) bond motifs is 1.